The van der Waals surface area contributed by atoms with E-state index in [0.29, 0.717) is 5.56 Å². The minimum Gasteiger partial charge on any atom is -0.355 e. The second kappa shape index (κ2) is 4.53. The Morgan fingerprint density at radius 3 is 2.76 bits per heavy atom. The number of fused-ring (bicyclic) bond motifs is 1. The Kier molecular flexibility index (Phi) is 3.09. The molecule has 1 aromatic heterocycles. The minimum absolute atomic E-state index is 0.0613. The molecular formula is C14H16N2O. The standard InChI is InChI=1S/C14H16N2O/c1-4-10-5-6-13-11(8-10)12(14(17)15-3)7-9(2)16-13/h5-8H,4H2,1-3H3,(H,15,17). The maximum Gasteiger partial charge on any atom is 0.251 e. The topological polar surface area (TPSA) is 42.0 Å². The maximum absolute atomic E-state index is 11.8. The molecule has 0 unspecified atom stereocenters. The summed E-state index contributed by atoms with van der Waals surface area (Å²) in [6.07, 6.45) is 0.955. The van der Waals surface area contributed by atoms with Crippen molar-refractivity contribution < 1.29 is 4.79 Å². The van der Waals surface area contributed by atoms with Gasteiger partial charge in [0.25, 0.3) is 5.91 Å². The predicted octanol–water partition coefficient (Wildman–Crippen LogP) is 2.47. The van der Waals surface area contributed by atoms with E-state index in [-0.39, 0.29) is 5.91 Å². The van der Waals surface area contributed by atoms with Crippen LogP contribution in [0.5, 0.6) is 0 Å². The molecule has 1 N–H and O–H groups in total. The first-order valence-corrected chi connectivity index (χ1v) is 5.78. The molecule has 3 nitrogen and oxygen atoms in total. The van der Waals surface area contributed by atoms with Gasteiger partial charge in [0, 0.05) is 18.1 Å². The van der Waals surface area contributed by atoms with Gasteiger partial charge >= 0.3 is 0 Å². The number of nitrogens with zero attached hydrogens (tertiary/aromatic N) is 1. The lowest BCUT2D eigenvalue weighted by atomic mass is 10.0. The number of rotatable bonds is 2. The fourth-order valence-corrected chi connectivity index (χ4v) is 1.95. The smallest absolute Gasteiger partial charge is 0.251 e. The Labute approximate surface area is 101 Å². The van der Waals surface area contributed by atoms with E-state index in [1.165, 1.54) is 5.56 Å². The van der Waals surface area contributed by atoms with Crippen molar-refractivity contribution in [3.05, 3.63) is 41.1 Å². The molecule has 0 bridgehead atoms. The molecule has 0 aliphatic carbocycles. The van der Waals surface area contributed by atoms with E-state index in [1.807, 2.05) is 25.1 Å². The number of hydrogen-bond acceptors (Lipinski definition) is 2. The summed E-state index contributed by atoms with van der Waals surface area (Å²) in [6, 6.07) is 7.92. The van der Waals surface area contributed by atoms with Crippen molar-refractivity contribution in [1.82, 2.24) is 10.3 Å². The van der Waals surface area contributed by atoms with Crippen molar-refractivity contribution in [2.24, 2.45) is 0 Å². The van der Waals surface area contributed by atoms with Crippen LogP contribution >= 0.6 is 0 Å². The first-order valence-electron chi connectivity index (χ1n) is 5.78. The lowest BCUT2D eigenvalue weighted by Gasteiger charge is -2.08. The zero-order valence-corrected chi connectivity index (χ0v) is 10.4. The molecule has 2 rings (SSSR count). The van der Waals surface area contributed by atoms with Gasteiger partial charge in [-0.3, -0.25) is 9.78 Å². The van der Waals surface area contributed by atoms with E-state index in [4.69, 9.17) is 0 Å². The van der Waals surface area contributed by atoms with Crippen LogP contribution < -0.4 is 5.32 Å². The van der Waals surface area contributed by atoms with Gasteiger partial charge in [-0.2, -0.15) is 0 Å². The molecule has 0 aliphatic rings. The molecule has 88 valence electrons. The number of amides is 1. The van der Waals surface area contributed by atoms with Crippen molar-refractivity contribution in [3.8, 4) is 0 Å². The molecule has 0 saturated heterocycles. The van der Waals surface area contributed by atoms with Gasteiger partial charge in [-0.1, -0.05) is 13.0 Å². The van der Waals surface area contributed by atoms with E-state index in [0.717, 1.165) is 23.0 Å². The highest BCUT2D eigenvalue weighted by Gasteiger charge is 2.10. The molecule has 0 saturated carbocycles. The van der Waals surface area contributed by atoms with Crippen LogP contribution in [0.15, 0.2) is 24.3 Å². The lowest BCUT2D eigenvalue weighted by molar-refractivity contribution is 0.0964. The first-order chi connectivity index (χ1) is 8.15. The van der Waals surface area contributed by atoms with E-state index >= 15 is 0 Å². The third-order valence-corrected chi connectivity index (χ3v) is 2.88. The van der Waals surface area contributed by atoms with Crippen molar-refractivity contribution >= 4 is 16.8 Å². The molecule has 1 aromatic carbocycles. The van der Waals surface area contributed by atoms with Crippen molar-refractivity contribution in [1.29, 1.82) is 0 Å². The molecular weight excluding hydrogens is 212 g/mol. The average Bonchev–Trinajstić information content (AvgIpc) is 2.36. The summed E-state index contributed by atoms with van der Waals surface area (Å²) in [6.45, 7) is 4.00. The SMILES string of the molecule is CCc1ccc2nc(C)cc(C(=O)NC)c2c1. The molecule has 2 aromatic rings. The van der Waals surface area contributed by atoms with Gasteiger partial charge in [-0.25, -0.2) is 0 Å². The Balaban J connectivity index is 2.74. The molecule has 0 aliphatic heterocycles. The molecule has 0 spiro atoms. The van der Waals surface area contributed by atoms with E-state index < -0.39 is 0 Å². The lowest BCUT2D eigenvalue weighted by Crippen LogP contribution is -2.18. The van der Waals surface area contributed by atoms with Gasteiger partial charge < -0.3 is 5.32 Å². The molecule has 0 radical (unpaired) electrons. The number of carbonyl (C=O) groups is 1. The first kappa shape index (κ1) is 11.6. The van der Waals surface area contributed by atoms with Crippen LogP contribution in [-0.2, 0) is 6.42 Å². The summed E-state index contributed by atoms with van der Waals surface area (Å²) in [7, 11) is 1.65. The third-order valence-electron chi connectivity index (χ3n) is 2.88. The van der Waals surface area contributed by atoms with Crippen LogP contribution in [0.3, 0.4) is 0 Å². The van der Waals surface area contributed by atoms with E-state index in [1.54, 1.807) is 7.05 Å². The normalized spacial score (nSPS) is 10.5. The average molecular weight is 228 g/mol. The molecule has 3 heteroatoms. The monoisotopic (exact) mass is 228 g/mol. The van der Waals surface area contributed by atoms with Gasteiger partial charge in [0.05, 0.1) is 11.1 Å². The van der Waals surface area contributed by atoms with Crippen molar-refractivity contribution in [2.75, 3.05) is 7.05 Å². The fourth-order valence-electron chi connectivity index (χ4n) is 1.95. The number of carbonyl (C=O) groups excluding carboxylic acids is 1. The second-order valence-corrected chi connectivity index (χ2v) is 4.10. The second-order valence-electron chi connectivity index (χ2n) is 4.10. The molecule has 17 heavy (non-hydrogen) atoms. The van der Waals surface area contributed by atoms with Crippen LogP contribution in [0.2, 0.25) is 0 Å². The van der Waals surface area contributed by atoms with Crippen molar-refractivity contribution in [3.63, 3.8) is 0 Å². The summed E-state index contributed by atoms with van der Waals surface area (Å²) in [4.78, 5) is 16.3. The Hall–Kier alpha value is -1.90. The summed E-state index contributed by atoms with van der Waals surface area (Å²) in [5, 5.41) is 3.60. The van der Waals surface area contributed by atoms with Crippen LogP contribution in [0, 0.1) is 6.92 Å². The Morgan fingerprint density at radius 2 is 2.12 bits per heavy atom. The molecule has 1 amide bonds. The molecule has 1 heterocycles. The number of benzene rings is 1. The summed E-state index contributed by atoms with van der Waals surface area (Å²) in [5.41, 5.74) is 3.65. The highest BCUT2D eigenvalue weighted by atomic mass is 16.1. The largest absolute Gasteiger partial charge is 0.355 e. The van der Waals surface area contributed by atoms with Crippen molar-refractivity contribution in [2.45, 2.75) is 20.3 Å². The summed E-state index contributed by atoms with van der Waals surface area (Å²) < 4.78 is 0. The highest BCUT2D eigenvalue weighted by Crippen LogP contribution is 2.20. The Bertz CT molecular complexity index is 576. The quantitative estimate of drug-likeness (QED) is 0.858. The highest BCUT2D eigenvalue weighted by molar-refractivity contribution is 6.06. The zero-order valence-electron chi connectivity index (χ0n) is 10.4. The van der Waals surface area contributed by atoms with Crippen LogP contribution in [0.1, 0.15) is 28.5 Å². The van der Waals surface area contributed by atoms with Gasteiger partial charge in [0.2, 0.25) is 0 Å². The van der Waals surface area contributed by atoms with Crippen LogP contribution in [-0.4, -0.2) is 17.9 Å². The number of hydrogen-bond donors (Lipinski definition) is 1. The maximum atomic E-state index is 11.8. The molecule has 0 fully saturated rings. The van der Waals surface area contributed by atoms with E-state index in [2.05, 4.69) is 23.3 Å². The zero-order chi connectivity index (χ0) is 12.4. The molecule has 0 atom stereocenters. The van der Waals surface area contributed by atoms with Gasteiger partial charge in [-0.05, 0) is 37.1 Å². The van der Waals surface area contributed by atoms with Gasteiger partial charge in [0.1, 0.15) is 0 Å². The third kappa shape index (κ3) is 2.13. The predicted molar refractivity (Wildman–Crippen MR) is 69.2 cm³/mol. The van der Waals surface area contributed by atoms with Crippen LogP contribution in [0.25, 0.3) is 10.9 Å². The number of nitrogens with one attached hydrogen (secondary N) is 1. The van der Waals surface area contributed by atoms with Crippen LogP contribution in [0.4, 0.5) is 0 Å². The summed E-state index contributed by atoms with van der Waals surface area (Å²) in [5.74, 6) is -0.0613. The number of aromatic nitrogens is 1. The van der Waals surface area contributed by atoms with E-state index in [9.17, 15) is 4.79 Å². The van der Waals surface area contributed by atoms with Gasteiger partial charge in [-0.15, -0.1) is 0 Å². The number of pyridine rings is 1. The fraction of sp³-hybridized carbons (Fsp3) is 0.286. The Morgan fingerprint density at radius 1 is 1.35 bits per heavy atom. The summed E-state index contributed by atoms with van der Waals surface area (Å²) >= 11 is 0. The number of aryl methyl sites for hydroxylation is 2. The minimum atomic E-state index is -0.0613. The van der Waals surface area contributed by atoms with Gasteiger partial charge in [0.15, 0.2) is 0 Å².